The van der Waals surface area contributed by atoms with Crippen molar-refractivity contribution in [3.8, 4) is 17.9 Å². The number of hydrogen-bond acceptors (Lipinski definition) is 9. The SMILES string of the molecule is CCC(Sc1nc(N)c(C#N)c(C(C)C)c1C#N)C(=O)N(C1CCCCC1)C1CC(=O)N(c2ccc(OC)cc2)C1=O. The Labute approximate surface area is 250 Å². The predicted molar refractivity (Wildman–Crippen MR) is 160 cm³/mol. The fourth-order valence-corrected chi connectivity index (χ4v) is 6.96. The number of anilines is 2. The van der Waals surface area contributed by atoms with Crippen molar-refractivity contribution in [3.63, 3.8) is 0 Å². The summed E-state index contributed by atoms with van der Waals surface area (Å²) in [7, 11) is 1.54. The van der Waals surface area contributed by atoms with E-state index in [2.05, 4.69) is 17.1 Å². The number of methoxy groups -OCH3 is 1. The number of imide groups is 1. The lowest BCUT2D eigenvalue weighted by atomic mass is 9.92. The van der Waals surface area contributed by atoms with Crippen LogP contribution in [0.5, 0.6) is 5.75 Å². The van der Waals surface area contributed by atoms with Gasteiger partial charge in [-0.05, 0) is 55.0 Å². The third-order valence-electron chi connectivity index (χ3n) is 7.94. The zero-order valence-corrected chi connectivity index (χ0v) is 25.2. The summed E-state index contributed by atoms with van der Waals surface area (Å²) in [4.78, 5) is 48.6. The molecule has 2 N–H and O–H groups in total. The average Bonchev–Trinajstić information content (AvgIpc) is 3.28. The quantitative estimate of drug-likeness (QED) is 0.318. The van der Waals surface area contributed by atoms with Crippen LogP contribution in [0.1, 0.15) is 88.3 Å². The molecule has 1 saturated heterocycles. The largest absolute Gasteiger partial charge is 0.497 e. The van der Waals surface area contributed by atoms with E-state index in [9.17, 15) is 24.9 Å². The van der Waals surface area contributed by atoms with Crippen LogP contribution in [0.2, 0.25) is 0 Å². The molecule has 1 aromatic heterocycles. The Morgan fingerprint density at radius 1 is 1.14 bits per heavy atom. The number of pyridine rings is 1. The molecule has 2 aliphatic rings. The van der Waals surface area contributed by atoms with Crippen LogP contribution >= 0.6 is 11.8 Å². The predicted octanol–water partition coefficient (Wildman–Crippen LogP) is 4.90. The smallest absolute Gasteiger partial charge is 0.257 e. The van der Waals surface area contributed by atoms with Gasteiger partial charge in [0.05, 0.1) is 35.6 Å². The molecule has 4 rings (SSSR count). The van der Waals surface area contributed by atoms with Crippen molar-refractivity contribution in [2.45, 2.75) is 94.0 Å². The van der Waals surface area contributed by atoms with Crippen LogP contribution in [-0.4, -0.2) is 52.0 Å². The number of nitriles is 2. The Bertz CT molecular complexity index is 1440. The summed E-state index contributed by atoms with van der Waals surface area (Å²) in [5, 5.41) is 19.3. The molecular weight excluding hydrogens is 552 g/mol. The van der Waals surface area contributed by atoms with Gasteiger partial charge in [0.25, 0.3) is 5.91 Å². The standard InChI is InChI=1S/C31H36N6O4S/c1-5-25(42-29-23(17-33)27(18(2)3)22(16-32)28(34)35-29)31(40)36(19-9-7-6-8-10-19)24-15-26(38)37(30(24)39)20-11-13-21(41-4)14-12-20/h11-14,18-19,24-25H,5-10,15H2,1-4H3,(H2,34,35). The first-order valence-electron chi connectivity index (χ1n) is 14.3. The molecule has 1 aliphatic heterocycles. The second-order valence-corrected chi connectivity index (χ2v) is 12.1. The summed E-state index contributed by atoms with van der Waals surface area (Å²) < 4.78 is 5.21. The van der Waals surface area contributed by atoms with Gasteiger partial charge in [0, 0.05) is 6.04 Å². The number of nitrogen functional groups attached to an aromatic ring is 1. The number of ether oxygens (including phenoxy) is 1. The Hall–Kier alpha value is -4.09. The number of nitrogens with two attached hydrogens (primary N) is 1. The Morgan fingerprint density at radius 3 is 2.33 bits per heavy atom. The molecule has 10 nitrogen and oxygen atoms in total. The summed E-state index contributed by atoms with van der Waals surface area (Å²) in [5.74, 6) is -0.605. The fraction of sp³-hybridized carbons (Fsp3) is 0.484. The molecule has 1 aliphatic carbocycles. The Morgan fingerprint density at radius 2 is 1.79 bits per heavy atom. The molecule has 1 aromatic carbocycles. The number of amides is 3. The van der Waals surface area contributed by atoms with E-state index >= 15 is 0 Å². The highest BCUT2D eigenvalue weighted by Crippen LogP contribution is 2.38. The maximum absolute atomic E-state index is 14.4. The second kappa shape index (κ2) is 13.3. The summed E-state index contributed by atoms with van der Waals surface area (Å²) in [5.41, 5.74) is 7.48. The van der Waals surface area contributed by atoms with Crippen LogP contribution in [0.3, 0.4) is 0 Å². The van der Waals surface area contributed by atoms with Crippen LogP contribution in [0.15, 0.2) is 29.3 Å². The number of hydrogen-bond donors (Lipinski definition) is 1. The van der Waals surface area contributed by atoms with Crippen molar-refractivity contribution in [3.05, 3.63) is 41.0 Å². The van der Waals surface area contributed by atoms with Gasteiger partial charge in [0.2, 0.25) is 11.8 Å². The monoisotopic (exact) mass is 588 g/mol. The minimum atomic E-state index is -0.925. The van der Waals surface area contributed by atoms with E-state index in [1.165, 1.54) is 7.11 Å². The van der Waals surface area contributed by atoms with Gasteiger partial charge in [-0.25, -0.2) is 9.88 Å². The normalized spacial score (nSPS) is 18.1. The van der Waals surface area contributed by atoms with E-state index in [0.29, 0.717) is 23.4 Å². The van der Waals surface area contributed by atoms with E-state index in [-0.39, 0.29) is 52.2 Å². The number of nitrogens with zero attached hydrogens (tertiary/aromatic N) is 5. The minimum absolute atomic E-state index is 0.0147. The molecule has 0 spiro atoms. The van der Waals surface area contributed by atoms with Crippen LogP contribution in [0.4, 0.5) is 11.5 Å². The molecule has 11 heteroatoms. The Kier molecular flexibility index (Phi) is 9.74. The molecule has 220 valence electrons. The molecule has 2 heterocycles. The minimum Gasteiger partial charge on any atom is -0.497 e. The fourth-order valence-electron chi connectivity index (χ4n) is 5.88. The number of thioether (sulfide) groups is 1. The molecule has 0 radical (unpaired) electrons. The van der Waals surface area contributed by atoms with Crippen LogP contribution < -0.4 is 15.4 Å². The van der Waals surface area contributed by atoms with E-state index in [4.69, 9.17) is 10.5 Å². The first-order valence-corrected chi connectivity index (χ1v) is 15.2. The maximum Gasteiger partial charge on any atom is 0.257 e. The number of carbonyl (C=O) groups is 3. The van der Waals surface area contributed by atoms with Gasteiger partial charge in [0.15, 0.2) is 0 Å². The van der Waals surface area contributed by atoms with Gasteiger partial charge < -0.3 is 15.4 Å². The molecule has 2 fully saturated rings. The lowest BCUT2D eigenvalue weighted by molar-refractivity contribution is -0.141. The molecular formula is C31H36N6O4S. The average molecular weight is 589 g/mol. The molecule has 0 bridgehead atoms. The summed E-state index contributed by atoms with van der Waals surface area (Å²) in [6, 6.07) is 9.82. The molecule has 42 heavy (non-hydrogen) atoms. The van der Waals surface area contributed by atoms with Gasteiger partial charge in [-0.2, -0.15) is 10.5 Å². The van der Waals surface area contributed by atoms with Crippen molar-refractivity contribution in [1.29, 1.82) is 10.5 Å². The summed E-state index contributed by atoms with van der Waals surface area (Å²) in [6.07, 6.45) is 4.70. The van der Waals surface area contributed by atoms with Gasteiger partial charge in [-0.15, -0.1) is 0 Å². The van der Waals surface area contributed by atoms with E-state index in [0.717, 1.165) is 48.8 Å². The van der Waals surface area contributed by atoms with Crippen LogP contribution in [-0.2, 0) is 14.4 Å². The molecule has 2 atom stereocenters. The first-order chi connectivity index (χ1) is 20.2. The lowest BCUT2D eigenvalue weighted by Gasteiger charge is -2.39. The van der Waals surface area contributed by atoms with E-state index in [1.807, 2.05) is 20.8 Å². The van der Waals surface area contributed by atoms with Crippen molar-refractivity contribution >= 4 is 41.0 Å². The third kappa shape index (κ3) is 5.93. The van der Waals surface area contributed by atoms with Crippen molar-refractivity contribution < 1.29 is 19.1 Å². The van der Waals surface area contributed by atoms with Crippen LogP contribution in [0, 0.1) is 22.7 Å². The highest BCUT2D eigenvalue weighted by atomic mass is 32.2. The molecule has 1 saturated carbocycles. The molecule has 2 unspecified atom stereocenters. The summed E-state index contributed by atoms with van der Waals surface area (Å²) in [6.45, 7) is 5.60. The number of carbonyl (C=O) groups excluding carboxylic acids is 3. The van der Waals surface area contributed by atoms with Gasteiger partial charge in [-0.1, -0.05) is 51.8 Å². The highest BCUT2D eigenvalue weighted by Gasteiger charge is 2.47. The number of rotatable bonds is 9. The molecule has 3 amide bonds. The zero-order chi connectivity index (χ0) is 30.6. The van der Waals surface area contributed by atoms with Gasteiger partial charge in [0.1, 0.15) is 34.8 Å². The number of aromatic nitrogens is 1. The zero-order valence-electron chi connectivity index (χ0n) is 24.4. The third-order valence-corrected chi connectivity index (χ3v) is 9.28. The highest BCUT2D eigenvalue weighted by molar-refractivity contribution is 8.00. The topological polar surface area (TPSA) is 153 Å². The molecule has 2 aromatic rings. The van der Waals surface area contributed by atoms with E-state index in [1.54, 1.807) is 29.2 Å². The van der Waals surface area contributed by atoms with Crippen LogP contribution in [0.25, 0.3) is 0 Å². The Balaban J connectivity index is 1.70. The maximum atomic E-state index is 14.4. The van der Waals surface area contributed by atoms with E-state index < -0.39 is 17.2 Å². The first kappa shape index (κ1) is 30.9. The number of benzene rings is 1. The second-order valence-electron chi connectivity index (χ2n) is 10.9. The lowest BCUT2D eigenvalue weighted by Crippen LogP contribution is -2.53. The van der Waals surface area contributed by atoms with Gasteiger partial charge >= 0.3 is 0 Å². The van der Waals surface area contributed by atoms with Crippen molar-refractivity contribution in [2.75, 3.05) is 17.7 Å². The summed E-state index contributed by atoms with van der Waals surface area (Å²) >= 11 is 1.13. The van der Waals surface area contributed by atoms with Gasteiger partial charge in [-0.3, -0.25) is 14.4 Å². The van der Waals surface area contributed by atoms with Crippen molar-refractivity contribution in [1.82, 2.24) is 9.88 Å². The van der Waals surface area contributed by atoms with Crippen molar-refractivity contribution in [2.24, 2.45) is 0 Å².